The fourth-order valence-corrected chi connectivity index (χ4v) is 3.25. The van der Waals surface area contributed by atoms with Crippen LogP contribution in [0.25, 0.3) is 5.82 Å². The summed E-state index contributed by atoms with van der Waals surface area (Å²) in [7, 11) is 0. The molecule has 138 valence electrons. The van der Waals surface area contributed by atoms with E-state index >= 15 is 0 Å². The molecule has 0 radical (unpaired) electrons. The standard InChI is InChI=1S/C19H21N7O/c1-14-7-9-20-16(12-14)22-19(27)15-4-2-10-25(13-15)17-5-6-18(24-23-17)26-11-3-8-21-26/h3,5-9,11-12,15H,2,4,10,13H2,1H3,(H,20,22,27). The van der Waals surface area contributed by atoms with E-state index in [1.54, 1.807) is 17.1 Å². The third-order valence-electron chi connectivity index (χ3n) is 4.66. The minimum Gasteiger partial charge on any atom is -0.354 e. The third kappa shape index (κ3) is 3.94. The van der Waals surface area contributed by atoms with E-state index < -0.39 is 0 Å². The number of rotatable bonds is 4. The van der Waals surface area contributed by atoms with Crippen LogP contribution in [0, 0.1) is 12.8 Å². The Labute approximate surface area is 157 Å². The number of piperidine rings is 1. The van der Waals surface area contributed by atoms with Gasteiger partial charge in [-0.25, -0.2) is 9.67 Å². The average molecular weight is 363 g/mol. The molecule has 1 amide bonds. The summed E-state index contributed by atoms with van der Waals surface area (Å²) in [6.07, 6.45) is 7.01. The smallest absolute Gasteiger partial charge is 0.230 e. The minimum absolute atomic E-state index is 0.001000. The summed E-state index contributed by atoms with van der Waals surface area (Å²) in [6.45, 7) is 3.46. The molecular formula is C19H21N7O. The number of hydrogen-bond acceptors (Lipinski definition) is 6. The summed E-state index contributed by atoms with van der Waals surface area (Å²) in [5.74, 6) is 1.94. The number of anilines is 2. The number of amides is 1. The number of nitrogens with zero attached hydrogens (tertiary/aromatic N) is 6. The zero-order valence-corrected chi connectivity index (χ0v) is 15.1. The van der Waals surface area contributed by atoms with Crippen LogP contribution in [0.3, 0.4) is 0 Å². The lowest BCUT2D eigenvalue weighted by Gasteiger charge is -2.32. The summed E-state index contributed by atoms with van der Waals surface area (Å²) in [4.78, 5) is 19.0. The Balaban J connectivity index is 1.42. The van der Waals surface area contributed by atoms with E-state index in [4.69, 9.17) is 0 Å². The van der Waals surface area contributed by atoms with E-state index in [0.717, 1.165) is 30.8 Å². The molecule has 1 N–H and O–H groups in total. The zero-order valence-electron chi connectivity index (χ0n) is 15.1. The lowest BCUT2D eigenvalue weighted by molar-refractivity contribution is -0.120. The van der Waals surface area contributed by atoms with Crippen molar-refractivity contribution in [2.75, 3.05) is 23.3 Å². The van der Waals surface area contributed by atoms with Crippen molar-refractivity contribution >= 4 is 17.5 Å². The van der Waals surface area contributed by atoms with Gasteiger partial charge in [0.2, 0.25) is 5.91 Å². The van der Waals surface area contributed by atoms with Crippen LogP contribution in [0.15, 0.2) is 48.9 Å². The van der Waals surface area contributed by atoms with Crippen LogP contribution in [-0.2, 0) is 4.79 Å². The van der Waals surface area contributed by atoms with Crippen molar-refractivity contribution in [1.29, 1.82) is 0 Å². The maximum absolute atomic E-state index is 12.6. The highest BCUT2D eigenvalue weighted by atomic mass is 16.2. The van der Waals surface area contributed by atoms with Gasteiger partial charge >= 0.3 is 0 Å². The maximum Gasteiger partial charge on any atom is 0.230 e. The highest BCUT2D eigenvalue weighted by Gasteiger charge is 2.27. The van der Waals surface area contributed by atoms with Crippen molar-refractivity contribution in [1.82, 2.24) is 25.0 Å². The predicted octanol–water partition coefficient (Wildman–Crippen LogP) is 2.22. The molecule has 3 aromatic heterocycles. The number of aromatic nitrogens is 5. The van der Waals surface area contributed by atoms with Gasteiger partial charge in [-0.15, -0.1) is 10.2 Å². The summed E-state index contributed by atoms with van der Waals surface area (Å²) in [5.41, 5.74) is 1.07. The van der Waals surface area contributed by atoms with Gasteiger partial charge in [0, 0.05) is 31.7 Å². The van der Waals surface area contributed by atoms with Crippen molar-refractivity contribution in [3.63, 3.8) is 0 Å². The highest BCUT2D eigenvalue weighted by molar-refractivity contribution is 5.92. The molecule has 1 aliphatic heterocycles. The summed E-state index contributed by atoms with van der Waals surface area (Å²) < 4.78 is 1.66. The number of carbonyl (C=O) groups excluding carboxylic acids is 1. The van der Waals surface area contributed by atoms with Crippen molar-refractivity contribution in [3.8, 4) is 5.82 Å². The monoisotopic (exact) mass is 363 g/mol. The highest BCUT2D eigenvalue weighted by Crippen LogP contribution is 2.22. The SMILES string of the molecule is Cc1ccnc(NC(=O)C2CCCN(c3ccc(-n4cccn4)nn3)C2)c1. The van der Waals surface area contributed by atoms with Crippen molar-refractivity contribution in [2.24, 2.45) is 5.92 Å². The zero-order chi connectivity index (χ0) is 18.6. The first kappa shape index (κ1) is 17.1. The summed E-state index contributed by atoms with van der Waals surface area (Å²) >= 11 is 0. The Bertz CT molecular complexity index is 908. The number of hydrogen-bond donors (Lipinski definition) is 1. The van der Waals surface area contributed by atoms with E-state index in [1.165, 1.54) is 0 Å². The van der Waals surface area contributed by atoms with Crippen LogP contribution in [0.5, 0.6) is 0 Å². The van der Waals surface area contributed by atoms with Crippen LogP contribution in [0.1, 0.15) is 18.4 Å². The predicted molar refractivity (Wildman–Crippen MR) is 102 cm³/mol. The van der Waals surface area contributed by atoms with Gasteiger partial charge in [-0.3, -0.25) is 4.79 Å². The second-order valence-corrected chi connectivity index (χ2v) is 6.69. The van der Waals surface area contributed by atoms with Gasteiger partial charge in [0.15, 0.2) is 11.6 Å². The quantitative estimate of drug-likeness (QED) is 0.765. The minimum atomic E-state index is -0.103. The second-order valence-electron chi connectivity index (χ2n) is 6.69. The molecule has 0 aliphatic carbocycles. The molecule has 8 heteroatoms. The number of aryl methyl sites for hydroxylation is 1. The maximum atomic E-state index is 12.6. The van der Waals surface area contributed by atoms with Crippen molar-refractivity contribution < 1.29 is 4.79 Å². The summed E-state index contributed by atoms with van der Waals surface area (Å²) in [5, 5.41) is 15.6. The van der Waals surface area contributed by atoms with Crippen LogP contribution in [0.4, 0.5) is 11.6 Å². The molecule has 1 atom stereocenters. The van der Waals surface area contributed by atoms with E-state index in [1.807, 2.05) is 43.5 Å². The lowest BCUT2D eigenvalue weighted by Crippen LogP contribution is -2.41. The Morgan fingerprint density at radius 2 is 2.04 bits per heavy atom. The van der Waals surface area contributed by atoms with E-state index in [9.17, 15) is 4.79 Å². The molecule has 8 nitrogen and oxygen atoms in total. The first-order valence-corrected chi connectivity index (χ1v) is 9.01. The molecular weight excluding hydrogens is 342 g/mol. The molecule has 27 heavy (non-hydrogen) atoms. The van der Waals surface area contributed by atoms with E-state index in [2.05, 4.69) is 30.5 Å². The molecule has 0 bridgehead atoms. The molecule has 0 spiro atoms. The first-order chi connectivity index (χ1) is 13.2. The largest absolute Gasteiger partial charge is 0.354 e. The Kier molecular flexibility index (Phi) is 4.78. The Morgan fingerprint density at radius 1 is 1.19 bits per heavy atom. The van der Waals surface area contributed by atoms with Gasteiger partial charge in [-0.2, -0.15) is 5.10 Å². The fraction of sp³-hybridized carbons (Fsp3) is 0.316. The van der Waals surface area contributed by atoms with Crippen LogP contribution in [0.2, 0.25) is 0 Å². The number of pyridine rings is 1. The van der Waals surface area contributed by atoms with Gasteiger partial charge in [0.25, 0.3) is 0 Å². The molecule has 4 heterocycles. The molecule has 4 rings (SSSR count). The molecule has 0 saturated carbocycles. The van der Waals surface area contributed by atoms with Crippen LogP contribution < -0.4 is 10.2 Å². The molecule has 1 saturated heterocycles. The van der Waals surface area contributed by atoms with E-state index in [0.29, 0.717) is 18.2 Å². The van der Waals surface area contributed by atoms with Gasteiger partial charge in [-0.05, 0) is 55.7 Å². The van der Waals surface area contributed by atoms with Crippen molar-refractivity contribution in [2.45, 2.75) is 19.8 Å². The second kappa shape index (κ2) is 7.53. The van der Waals surface area contributed by atoms with Crippen LogP contribution >= 0.6 is 0 Å². The normalized spacial score (nSPS) is 16.9. The molecule has 1 aliphatic rings. The fourth-order valence-electron chi connectivity index (χ4n) is 3.25. The van der Waals surface area contributed by atoms with Crippen LogP contribution in [-0.4, -0.2) is 44.0 Å². The average Bonchev–Trinajstić information content (AvgIpc) is 3.23. The number of nitrogens with one attached hydrogen (secondary N) is 1. The van der Waals surface area contributed by atoms with Gasteiger partial charge in [0.05, 0.1) is 5.92 Å². The molecule has 1 unspecified atom stereocenters. The Hall–Kier alpha value is -3.29. The molecule has 3 aromatic rings. The van der Waals surface area contributed by atoms with Gasteiger partial charge < -0.3 is 10.2 Å². The summed E-state index contributed by atoms with van der Waals surface area (Å²) in [6, 6.07) is 9.43. The first-order valence-electron chi connectivity index (χ1n) is 9.01. The Morgan fingerprint density at radius 3 is 2.78 bits per heavy atom. The number of carbonyl (C=O) groups is 1. The van der Waals surface area contributed by atoms with Crippen molar-refractivity contribution in [3.05, 3.63) is 54.5 Å². The lowest BCUT2D eigenvalue weighted by atomic mass is 9.97. The van der Waals surface area contributed by atoms with Gasteiger partial charge in [0.1, 0.15) is 5.82 Å². The topological polar surface area (TPSA) is 88.8 Å². The molecule has 1 fully saturated rings. The van der Waals surface area contributed by atoms with Gasteiger partial charge in [-0.1, -0.05) is 0 Å². The third-order valence-corrected chi connectivity index (χ3v) is 4.66. The molecule has 0 aromatic carbocycles. The van der Waals surface area contributed by atoms with E-state index in [-0.39, 0.29) is 11.8 Å².